The fourth-order valence-electron chi connectivity index (χ4n) is 3.39. The van der Waals surface area contributed by atoms with Crippen LogP contribution in [0.4, 0.5) is 0 Å². The van der Waals surface area contributed by atoms with Crippen molar-refractivity contribution in [3.05, 3.63) is 35.9 Å². The molecular formula is C22H37NO4Si. The normalized spacial score (nSPS) is 26.1. The van der Waals surface area contributed by atoms with Crippen LogP contribution in [0.3, 0.4) is 0 Å². The number of hydrogen-bond acceptors (Lipinski definition) is 5. The first-order valence-electron chi connectivity index (χ1n) is 10.0. The van der Waals surface area contributed by atoms with Crippen molar-refractivity contribution in [2.45, 2.75) is 89.6 Å². The minimum absolute atomic E-state index is 0.00632. The van der Waals surface area contributed by atoms with Crippen LogP contribution >= 0.6 is 0 Å². The maximum atomic E-state index is 12.4. The largest absolute Gasteiger partial charge is 0.469 e. The minimum atomic E-state index is -2.19. The Kier molecular flexibility index (Phi) is 6.51. The summed E-state index contributed by atoms with van der Waals surface area (Å²) in [5, 5.41) is 1.66. The molecule has 0 N–H and O–H groups in total. The van der Waals surface area contributed by atoms with E-state index in [0.29, 0.717) is 0 Å². The number of rotatable bonds is 5. The van der Waals surface area contributed by atoms with Gasteiger partial charge in [-0.05, 0) is 50.9 Å². The fourth-order valence-corrected chi connectivity index (χ4v) is 4.32. The summed E-state index contributed by atoms with van der Waals surface area (Å²) in [7, 11) is -0.760. The highest BCUT2D eigenvalue weighted by Crippen LogP contribution is 2.49. The lowest BCUT2D eigenvalue weighted by atomic mass is 9.72. The molecule has 28 heavy (non-hydrogen) atoms. The minimum Gasteiger partial charge on any atom is -0.469 e. The predicted octanol–water partition coefficient (Wildman–Crippen LogP) is 5.44. The molecule has 6 heteroatoms. The standard InChI is InChI=1S/C22H37NO4Si/c1-20(2,3)28(8,9)27-23-22(6,16-19(24)25-7)18(15-21(4,5)26-23)17-13-11-10-12-14-17/h10-14,18H,15-16H2,1-9H3/t18-,22?/m1/s1. The van der Waals surface area contributed by atoms with Gasteiger partial charge >= 0.3 is 5.97 Å². The maximum absolute atomic E-state index is 12.4. The predicted molar refractivity (Wildman–Crippen MR) is 114 cm³/mol. The number of ether oxygens (including phenoxy) is 1. The Morgan fingerprint density at radius 1 is 1.21 bits per heavy atom. The van der Waals surface area contributed by atoms with Gasteiger partial charge in [-0.2, -0.15) is 0 Å². The summed E-state index contributed by atoms with van der Waals surface area (Å²) in [4.78, 5) is 18.7. The highest BCUT2D eigenvalue weighted by Gasteiger charge is 2.55. The van der Waals surface area contributed by atoms with Crippen LogP contribution in [-0.4, -0.2) is 37.8 Å². The molecule has 1 heterocycles. The Balaban J connectivity index is 2.53. The Hall–Kier alpha value is -1.21. The van der Waals surface area contributed by atoms with E-state index in [9.17, 15) is 4.79 Å². The molecule has 1 unspecified atom stereocenters. The highest BCUT2D eigenvalue weighted by molar-refractivity contribution is 6.74. The van der Waals surface area contributed by atoms with E-state index in [-0.39, 0.29) is 23.3 Å². The summed E-state index contributed by atoms with van der Waals surface area (Å²) in [6.07, 6.45) is 0.968. The van der Waals surface area contributed by atoms with E-state index < -0.39 is 19.5 Å². The Bertz CT molecular complexity index is 684. The van der Waals surface area contributed by atoms with Crippen LogP contribution in [0.25, 0.3) is 0 Å². The van der Waals surface area contributed by atoms with Crippen LogP contribution in [0.1, 0.15) is 65.9 Å². The van der Waals surface area contributed by atoms with Gasteiger partial charge in [-0.15, -0.1) is 0 Å². The highest BCUT2D eigenvalue weighted by atomic mass is 28.4. The van der Waals surface area contributed by atoms with Crippen molar-refractivity contribution < 1.29 is 18.9 Å². The zero-order valence-corrected chi connectivity index (χ0v) is 20.0. The quantitative estimate of drug-likeness (QED) is 0.480. The van der Waals surface area contributed by atoms with Crippen molar-refractivity contribution in [2.24, 2.45) is 0 Å². The zero-order chi connectivity index (χ0) is 21.4. The number of esters is 1. The second-order valence-corrected chi connectivity index (χ2v) is 14.9. The lowest BCUT2D eigenvalue weighted by Crippen LogP contribution is -2.63. The van der Waals surface area contributed by atoms with Crippen molar-refractivity contribution in [2.75, 3.05) is 7.11 Å². The average Bonchev–Trinajstić information content (AvgIpc) is 2.57. The Labute approximate surface area is 171 Å². The summed E-state index contributed by atoms with van der Waals surface area (Å²) in [5.74, 6) is -0.211. The molecule has 0 saturated carbocycles. The molecule has 2 atom stereocenters. The first-order valence-corrected chi connectivity index (χ1v) is 12.9. The maximum Gasteiger partial charge on any atom is 0.307 e. The van der Waals surface area contributed by atoms with Gasteiger partial charge in [-0.25, -0.2) is 0 Å². The fraction of sp³-hybridized carbons (Fsp3) is 0.682. The van der Waals surface area contributed by atoms with E-state index in [0.717, 1.165) is 6.42 Å². The number of benzene rings is 1. The summed E-state index contributed by atoms with van der Waals surface area (Å²) < 4.78 is 11.7. The van der Waals surface area contributed by atoms with Crippen LogP contribution in [0.2, 0.25) is 18.1 Å². The van der Waals surface area contributed by atoms with E-state index in [4.69, 9.17) is 14.1 Å². The van der Waals surface area contributed by atoms with E-state index in [1.165, 1.54) is 12.7 Å². The molecule has 0 spiro atoms. The molecule has 0 aliphatic carbocycles. The van der Waals surface area contributed by atoms with Crippen molar-refractivity contribution in [3.63, 3.8) is 0 Å². The molecule has 0 amide bonds. The van der Waals surface area contributed by atoms with Gasteiger partial charge in [0, 0.05) is 5.92 Å². The van der Waals surface area contributed by atoms with Gasteiger partial charge in [0.15, 0.2) is 0 Å². The van der Waals surface area contributed by atoms with Crippen molar-refractivity contribution in [1.29, 1.82) is 0 Å². The van der Waals surface area contributed by atoms with Gasteiger partial charge in [0.05, 0.1) is 24.7 Å². The molecular weight excluding hydrogens is 370 g/mol. The molecule has 1 saturated heterocycles. The summed E-state index contributed by atoms with van der Waals surface area (Å²) in [6, 6.07) is 10.3. The van der Waals surface area contributed by atoms with Gasteiger partial charge < -0.3 is 9.26 Å². The van der Waals surface area contributed by atoms with Crippen LogP contribution in [0.5, 0.6) is 0 Å². The molecule has 0 bridgehead atoms. The number of nitrogens with zero attached hydrogens (tertiary/aromatic N) is 1. The topological polar surface area (TPSA) is 48.0 Å². The molecule has 1 fully saturated rings. The lowest BCUT2D eigenvalue weighted by Gasteiger charge is -2.55. The molecule has 1 aromatic rings. The molecule has 1 aliphatic heterocycles. The second-order valence-electron chi connectivity index (χ2n) is 10.2. The second kappa shape index (κ2) is 7.90. The summed E-state index contributed by atoms with van der Waals surface area (Å²) in [5.41, 5.74) is 0.0759. The number of methoxy groups -OCH3 is 1. The van der Waals surface area contributed by atoms with Crippen molar-refractivity contribution in [1.82, 2.24) is 5.23 Å². The third kappa shape index (κ3) is 4.85. The zero-order valence-electron chi connectivity index (χ0n) is 19.0. The number of hydrogen-bond donors (Lipinski definition) is 0. The van der Waals surface area contributed by atoms with Gasteiger partial charge in [0.25, 0.3) is 0 Å². The van der Waals surface area contributed by atoms with Crippen molar-refractivity contribution in [3.8, 4) is 0 Å². The molecule has 0 radical (unpaired) electrons. The first-order chi connectivity index (χ1) is 12.7. The lowest BCUT2D eigenvalue weighted by molar-refractivity contribution is -0.435. The number of hydroxylamine groups is 2. The smallest absolute Gasteiger partial charge is 0.307 e. The van der Waals surface area contributed by atoms with Gasteiger partial charge in [0.2, 0.25) is 8.32 Å². The van der Waals surface area contributed by atoms with E-state index in [1.54, 1.807) is 5.23 Å². The van der Waals surface area contributed by atoms with Crippen molar-refractivity contribution >= 4 is 14.3 Å². The number of carbonyl (C=O) groups excluding carboxylic acids is 1. The van der Waals surface area contributed by atoms with E-state index >= 15 is 0 Å². The van der Waals surface area contributed by atoms with Crippen LogP contribution in [0, 0.1) is 0 Å². The first kappa shape index (κ1) is 23.1. The molecule has 2 rings (SSSR count). The molecule has 1 aliphatic rings. The molecule has 5 nitrogen and oxygen atoms in total. The van der Waals surface area contributed by atoms with Gasteiger partial charge in [-0.3, -0.25) is 9.63 Å². The molecule has 158 valence electrons. The molecule has 0 aromatic heterocycles. The summed E-state index contributed by atoms with van der Waals surface area (Å²) in [6.45, 7) is 17.2. The number of carbonyl (C=O) groups is 1. The monoisotopic (exact) mass is 407 g/mol. The SMILES string of the molecule is COC(=O)CC1(C)[C@@H](c2ccccc2)CC(C)(C)ON1O[Si](C)(C)C(C)(C)C. The Morgan fingerprint density at radius 3 is 2.29 bits per heavy atom. The van der Waals surface area contributed by atoms with Gasteiger partial charge in [-0.1, -0.05) is 56.3 Å². The van der Waals surface area contributed by atoms with Crippen LogP contribution in [0.15, 0.2) is 30.3 Å². The van der Waals surface area contributed by atoms with Gasteiger partial charge in [0.1, 0.15) is 0 Å². The average molecular weight is 408 g/mol. The molecule has 1 aromatic carbocycles. The summed E-state index contributed by atoms with van der Waals surface area (Å²) >= 11 is 0. The third-order valence-corrected chi connectivity index (χ3v) is 10.5. The van der Waals surface area contributed by atoms with E-state index in [2.05, 4.69) is 59.8 Å². The van der Waals surface area contributed by atoms with Crippen LogP contribution in [-0.2, 0) is 18.9 Å². The van der Waals surface area contributed by atoms with Crippen LogP contribution < -0.4 is 0 Å². The Morgan fingerprint density at radius 2 is 1.79 bits per heavy atom. The third-order valence-electron chi connectivity index (χ3n) is 6.24. The van der Waals surface area contributed by atoms with E-state index in [1.807, 2.05) is 25.1 Å².